The first-order valence-corrected chi connectivity index (χ1v) is 10.7. The molecule has 4 rings (SSSR count). The Kier molecular flexibility index (Phi) is 4.36. The number of rotatable bonds is 2. The van der Waals surface area contributed by atoms with Gasteiger partial charge >= 0.3 is 5.97 Å². The smallest absolute Gasteiger partial charge is 0.302 e. The molecule has 0 aromatic heterocycles. The molecule has 4 aliphatic rings. The zero-order valence-corrected chi connectivity index (χ0v) is 16.8. The molecule has 0 N–H and O–H groups in total. The Balaban J connectivity index is 1.73. The lowest BCUT2D eigenvalue weighted by atomic mass is 9.44. The van der Waals surface area contributed by atoms with E-state index in [-0.39, 0.29) is 23.3 Å². The van der Waals surface area contributed by atoms with Crippen molar-refractivity contribution in [2.45, 2.75) is 85.2 Å². The molecule has 3 nitrogen and oxygen atoms in total. The Morgan fingerprint density at radius 2 is 1.85 bits per heavy atom. The highest BCUT2D eigenvalue weighted by Crippen LogP contribution is 2.66. The monoisotopic (exact) mass is 358 g/mol. The van der Waals surface area contributed by atoms with Crippen LogP contribution in [0.4, 0.5) is 0 Å². The van der Waals surface area contributed by atoms with Crippen LogP contribution in [-0.2, 0) is 14.3 Å². The average molecular weight is 359 g/mol. The predicted molar refractivity (Wildman–Crippen MR) is 101 cm³/mol. The number of Topliss-reactive ketones (excluding diaryl/α,β-unsaturated/α-hetero) is 1. The van der Waals surface area contributed by atoms with Crippen LogP contribution in [0.15, 0.2) is 11.6 Å². The summed E-state index contributed by atoms with van der Waals surface area (Å²) in [7, 11) is 0. The van der Waals surface area contributed by atoms with E-state index in [4.69, 9.17) is 4.74 Å². The van der Waals surface area contributed by atoms with Gasteiger partial charge in [-0.3, -0.25) is 9.59 Å². The SMILES string of the molecule is CC(=O)OC1CC2C(CCC3CCCCC32C)C2CC=C(C(C)=O)C12C. The molecule has 0 aliphatic heterocycles. The maximum Gasteiger partial charge on any atom is 0.302 e. The molecule has 3 saturated carbocycles. The molecule has 144 valence electrons. The number of fused-ring (bicyclic) bond motifs is 5. The van der Waals surface area contributed by atoms with Crippen LogP contribution in [0.5, 0.6) is 0 Å². The summed E-state index contributed by atoms with van der Waals surface area (Å²) in [6.07, 6.45) is 12.0. The van der Waals surface area contributed by atoms with Gasteiger partial charge in [-0.2, -0.15) is 0 Å². The molecule has 0 aromatic rings. The quantitative estimate of drug-likeness (QED) is 0.646. The van der Waals surface area contributed by atoms with Crippen LogP contribution in [0.1, 0.15) is 79.1 Å². The van der Waals surface area contributed by atoms with Gasteiger partial charge in [0.25, 0.3) is 0 Å². The Labute approximate surface area is 157 Å². The van der Waals surface area contributed by atoms with Crippen LogP contribution in [0, 0.1) is 34.5 Å². The normalized spacial score (nSPS) is 47.2. The molecule has 7 atom stereocenters. The molecule has 4 aliphatic carbocycles. The van der Waals surface area contributed by atoms with Crippen LogP contribution >= 0.6 is 0 Å². The van der Waals surface area contributed by atoms with Crippen LogP contribution in [-0.4, -0.2) is 17.9 Å². The Bertz CT molecular complexity index is 650. The minimum Gasteiger partial charge on any atom is -0.462 e. The summed E-state index contributed by atoms with van der Waals surface area (Å²) in [5.41, 5.74) is 1.01. The lowest BCUT2D eigenvalue weighted by Gasteiger charge is -2.61. The highest BCUT2D eigenvalue weighted by molar-refractivity contribution is 5.95. The number of ketones is 1. The van der Waals surface area contributed by atoms with Gasteiger partial charge in [-0.1, -0.05) is 32.8 Å². The topological polar surface area (TPSA) is 43.4 Å². The van der Waals surface area contributed by atoms with E-state index < -0.39 is 0 Å². The summed E-state index contributed by atoms with van der Waals surface area (Å²) in [6, 6.07) is 0. The van der Waals surface area contributed by atoms with E-state index in [0.717, 1.165) is 24.3 Å². The average Bonchev–Trinajstić information content (AvgIpc) is 2.93. The number of hydrogen-bond donors (Lipinski definition) is 0. The molecule has 0 spiro atoms. The molecule has 0 aromatic carbocycles. The van der Waals surface area contributed by atoms with E-state index in [1.807, 2.05) is 0 Å². The summed E-state index contributed by atoms with van der Waals surface area (Å²) in [6.45, 7) is 7.92. The van der Waals surface area contributed by atoms with Crippen molar-refractivity contribution in [1.29, 1.82) is 0 Å². The number of carbonyl (C=O) groups excluding carboxylic acids is 2. The van der Waals surface area contributed by atoms with Crippen LogP contribution in [0.2, 0.25) is 0 Å². The third-order valence-electron chi connectivity index (χ3n) is 8.93. The molecule has 3 heteroatoms. The molecule has 0 saturated heterocycles. The summed E-state index contributed by atoms with van der Waals surface area (Å²) in [4.78, 5) is 24.3. The molecular weight excluding hydrogens is 324 g/mol. The van der Waals surface area contributed by atoms with Crippen molar-refractivity contribution in [2.75, 3.05) is 0 Å². The summed E-state index contributed by atoms with van der Waals surface area (Å²) < 4.78 is 5.93. The van der Waals surface area contributed by atoms with Crippen molar-refractivity contribution >= 4 is 11.8 Å². The second-order valence-corrected chi connectivity index (χ2v) is 9.93. The van der Waals surface area contributed by atoms with Crippen LogP contribution in [0.25, 0.3) is 0 Å². The van der Waals surface area contributed by atoms with Gasteiger partial charge in [-0.05, 0) is 74.5 Å². The molecule has 0 amide bonds. The number of ether oxygens (including phenoxy) is 1. The first kappa shape index (κ1) is 18.3. The number of carbonyl (C=O) groups is 2. The maximum atomic E-state index is 12.4. The van der Waals surface area contributed by atoms with Crippen molar-refractivity contribution in [3.63, 3.8) is 0 Å². The van der Waals surface area contributed by atoms with Crippen LogP contribution in [0.3, 0.4) is 0 Å². The first-order valence-electron chi connectivity index (χ1n) is 10.7. The fourth-order valence-corrected chi connectivity index (χ4v) is 7.71. The van der Waals surface area contributed by atoms with Crippen molar-refractivity contribution < 1.29 is 14.3 Å². The van der Waals surface area contributed by atoms with Crippen molar-refractivity contribution in [1.82, 2.24) is 0 Å². The first-order chi connectivity index (χ1) is 12.3. The number of esters is 1. The van der Waals surface area contributed by atoms with Gasteiger partial charge < -0.3 is 4.74 Å². The Morgan fingerprint density at radius 1 is 1.08 bits per heavy atom. The lowest BCUT2D eigenvalue weighted by molar-refractivity contribution is -0.179. The summed E-state index contributed by atoms with van der Waals surface area (Å²) in [5, 5.41) is 0. The third kappa shape index (κ3) is 2.45. The molecular formula is C23H34O3. The summed E-state index contributed by atoms with van der Waals surface area (Å²) >= 11 is 0. The molecule has 3 fully saturated rings. The maximum absolute atomic E-state index is 12.4. The van der Waals surface area contributed by atoms with Crippen LogP contribution < -0.4 is 0 Å². The Hall–Kier alpha value is -1.12. The minimum absolute atomic E-state index is 0.151. The van der Waals surface area contributed by atoms with E-state index >= 15 is 0 Å². The fraction of sp³-hybridized carbons (Fsp3) is 0.826. The zero-order valence-electron chi connectivity index (χ0n) is 16.8. The van der Waals surface area contributed by atoms with E-state index in [1.54, 1.807) is 6.92 Å². The van der Waals surface area contributed by atoms with Crippen molar-refractivity contribution in [2.24, 2.45) is 34.5 Å². The van der Waals surface area contributed by atoms with Gasteiger partial charge in [-0.25, -0.2) is 0 Å². The second-order valence-electron chi connectivity index (χ2n) is 9.93. The molecule has 26 heavy (non-hydrogen) atoms. The van der Waals surface area contributed by atoms with Gasteiger partial charge in [0, 0.05) is 17.9 Å². The van der Waals surface area contributed by atoms with E-state index in [0.29, 0.717) is 23.2 Å². The van der Waals surface area contributed by atoms with E-state index in [2.05, 4.69) is 19.9 Å². The van der Waals surface area contributed by atoms with Crippen molar-refractivity contribution in [3.8, 4) is 0 Å². The van der Waals surface area contributed by atoms with E-state index in [1.165, 1.54) is 45.4 Å². The van der Waals surface area contributed by atoms with Gasteiger partial charge in [-0.15, -0.1) is 0 Å². The van der Waals surface area contributed by atoms with Gasteiger partial charge in [0.15, 0.2) is 5.78 Å². The van der Waals surface area contributed by atoms with Gasteiger partial charge in [0.05, 0.1) is 0 Å². The fourth-order valence-electron chi connectivity index (χ4n) is 7.71. The van der Waals surface area contributed by atoms with Crippen molar-refractivity contribution in [3.05, 3.63) is 11.6 Å². The largest absolute Gasteiger partial charge is 0.462 e. The zero-order chi connectivity index (χ0) is 18.7. The third-order valence-corrected chi connectivity index (χ3v) is 8.93. The number of allylic oxidation sites excluding steroid dienone is 1. The molecule has 0 radical (unpaired) electrons. The lowest BCUT2D eigenvalue weighted by Crippen LogP contribution is -2.58. The highest BCUT2D eigenvalue weighted by atomic mass is 16.5. The predicted octanol–water partition coefficient (Wildman–Crippen LogP) is 5.09. The van der Waals surface area contributed by atoms with Gasteiger partial charge in [0.2, 0.25) is 0 Å². The Morgan fingerprint density at radius 3 is 2.54 bits per heavy atom. The standard InChI is InChI=1S/C23H34O3/c1-14(24)18-10-11-19-17-9-8-16-7-5-6-12-22(16,3)20(17)13-21(23(18,19)4)26-15(2)25/h10,16-17,19-21H,5-9,11-13H2,1-4H3. The van der Waals surface area contributed by atoms with E-state index in [9.17, 15) is 9.59 Å². The van der Waals surface area contributed by atoms with Gasteiger partial charge in [0.1, 0.15) is 6.10 Å². The second kappa shape index (κ2) is 6.21. The molecule has 0 bridgehead atoms. The molecule has 0 heterocycles. The summed E-state index contributed by atoms with van der Waals surface area (Å²) in [5.74, 6) is 2.53. The minimum atomic E-state index is -0.295. The molecule has 7 unspecified atom stereocenters. The number of hydrogen-bond acceptors (Lipinski definition) is 3. The highest BCUT2D eigenvalue weighted by Gasteiger charge is 2.62.